The molecule has 0 bridgehead atoms. The summed E-state index contributed by atoms with van der Waals surface area (Å²) in [5, 5.41) is 13.8. The van der Waals surface area contributed by atoms with Crippen molar-refractivity contribution < 1.29 is 9.53 Å². The van der Waals surface area contributed by atoms with E-state index >= 15 is 0 Å². The molecule has 9 heteroatoms. The number of anilines is 1. The summed E-state index contributed by atoms with van der Waals surface area (Å²) in [5.74, 6) is 1.43. The summed E-state index contributed by atoms with van der Waals surface area (Å²) in [7, 11) is 0. The molecule has 5 aromatic carbocycles. The van der Waals surface area contributed by atoms with E-state index in [4.69, 9.17) is 20.0 Å². The quantitative estimate of drug-likeness (QED) is 0.0586. The molecule has 0 amide bonds. The van der Waals surface area contributed by atoms with E-state index in [0.717, 1.165) is 64.8 Å². The number of esters is 1. The van der Waals surface area contributed by atoms with Crippen molar-refractivity contribution in [2.45, 2.75) is 52.1 Å². The van der Waals surface area contributed by atoms with E-state index in [1.54, 1.807) is 13.1 Å². The molecule has 2 aromatic heterocycles. The molecule has 0 aliphatic carbocycles. The maximum absolute atomic E-state index is 13.0. The van der Waals surface area contributed by atoms with Gasteiger partial charge in [0.1, 0.15) is 22.7 Å². The average molecular weight is 728 g/mol. The number of benzene rings is 5. The van der Waals surface area contributed by atoms with Crippen molar-refractivity contribution >= 4 is 11.8 Å². The number of aryl methyl sites for hydroxylation is 1. The molecule has 7 aromatic rings. The molecule has 0 saturated carbocycles. The number of hydrogen-bond acceptors (Lipinski definition) is 8. The van der Waals surface area contributed by atoms with Gasteiger partial charge in [0.15, 0.2) is 5.82 Å². The van der Waals surface area contributed by atoms with E-state index in [1.807, 2.05) is 41.9 Å². The van der Waals surface area contributed by atoms with Crippen molar-refractivity contribution in [3.63, 3.8) is 0 Å². The van der Waals surface area contributed by atoms with Crippen LogP contribution in [-0.2, 0) is 16.8 Å². The van der Waals surface area contributed by atoms with Crippen LogP contribution in [0.4, 0.5) is 5.82 Å². The molecule has 0 spiro atoms. The van der Waals surface area contributed by atoms with Gasteiger partial charge in [0.05, 0.1) is 6.61 Å². The van der Waals surface area contributed by atoms with Gasteiger partial charge in [0.2, 0.25) is 0 Å². The molecular weight excluding hydrogens is 683 g/mol. The van der Waals surface area contributed by atoms with Crippen molar-refractivity contribution in [1.82, 2.24) is 30.2 Å². The minimum atomic E-state index is -0.872. The number of unbranched alkanes of at least 4 members (excludes halogenated alkanes) is 2. The van der Waals surface area contributed by atoms with Gasteiger partial charge in [0.25, 0.3) is 0 Å². The third-order valence-corrected chi connectivity index (χ3v) is 9.88. The summed E-state index contributed by atoms with van der Waals surface area (Å²) in [5.41, 5.74) is 6.65. The lowest BCUT2D eigenvalue weighted by atomic mass is 9.77. The molecule has 0 aliphatic rings. The number of aromatic nitrogens is 6. The van der Waals surface area contributed by atoms with Crippen LogP contribution in [0, 0.1) is 6.92 Å². The molecule has 276 valence electrons. The van der Waals surface area contributed by atoms with Gasteiger partial charge in [0, 0.05) is 24.8 Å². The first kappa shape index (κ1) is 36.9. The SMILES string of the molecule is CCCCCN(Cc1ccc(-c2ccccc2-c2nnnn2C(c2ccccc2)(c2ccccc2)c2ccccc2)cc1)c1nc(C)ncc1C(=O)OCC. The lowest BCUT2D eigenvalue weighted by Crippen LogP contribution is -2.39. The molecule has 0 saturated heterocycles. The molecule has 0 atom stereocenters. The van der Waals surface area contributed by atoms with Gasteiger partial charge in [-0.3, -0.25) is 0 Å². The van der Waals surface area contributed by atoms with Crippen LogP contribution in [0.25, 0.3) is 22.5 Å². The van der Waals surface area contributed by atoms with Crippen LogP contribution < -0.4 is 4.90 Å². The Morgan fingerprint density at radius 2 is 1.31 bits per heavy atom. The zero-order valence-corrected chi connectivity index (χ0v) is 31.5. The second-order valence-electron chi connectivity index (χ2n) is 13.5. The number of ether oxygens (including phenoxy) is 1. The van der Waals surface area contributed by atoms with Crippen LogP contribution in [0.3, 0.4) is 0 Å². The number of rotatable bonds is 15. The largest absolute Gasteiger partial charge is 0.462 e. The maximum atomic E-state index is 13.0. The third kappa shape index (κ3) is 7.64. The number of nitrogens with zero attached hydrogens (tertiary/aromatic N) is 7. The zero-order valence-electron chi connectivity index (χ0n) is 31.5. The Kier molecular flexibility index (Phi) is 11.5. The Morgan fingerprint density at radius 1 is 0.727 bits per heavy atom. The minimum Gasteiger partial charge on any atom is -0.462 e. The van der Waals surface area contributed by atoms with Crippen LogP contribution in [-0.4, -0.2) is 49.3 Å². The average Bonchev–Trinajstić information content (AvgIpc) is 3.72. The van der Waals surface area contributed by atoms with Gasteiger partial charge in [-0.05, 0) is 64.1 Å². The smallest absolute Gasteiger partial charge is 0.343 e. The number of carbonyl (C=O) groups is 1. The van der Waals surface area contributed by atoms with Crippen molar-refractivity contribution in [3.05, 3.63) is 179 Å². The van der Waals surface area contributed by atoms with Gasteiger partial charge in [-0.15, -0.1) is 5.10 Å². The van der Waals surface area contributed by atoms with Crippen molar-refractivity contribution in [2.24, 2.45) is 0 Å². The highest BCUT2D eigenvalue weighted by Crippen LogP contribution is 2.43. The molecule has 0 unspecified atom stereocenters. The van der Waals surface area contributed by atoms with E-state index in [9.17, 15) is 4.79 Å². The fourth-order valence-electron chi connectivity index (χ4n) is 7.29. The van der Waals surface area contributed by atoms with Crippen LogP contribution in [0.15, 0.2) is 146 Å². The molecule has 0 radical (unpaired) electrons. The second-order valence-corrected chi connectivity index (χ2v) is 13.5. The van der Waals surface area contributed by atoms with Gasteiger partial charge >= 0.3 is 5.97 Å². The molecule has 0 N–H and O–H groups in total. The Balaban J connectivity index is 1.29. The highest BCUT2D eigenvalue weighted by atomic mass is 16.5. The highest BCUT2D eigenvalue weighted by Gasteiger charge is 2.42. The predicted octanol–water partition coefficient (Wildman–Crippen LogP) is 9.32. The number of tetrazole rings is 1. The summed E-state index contributed by atoms with van der Waals surface area (Å²) in [6.45, 7) is 7.43. The topological polar surface area (TPSA) is 98.9 Å². The number of hydrogen-bond donors (Lipinski definition) is 0. The van der Waals surface area contributed by atoms with Crippen molar-refractivity contribution in [3.8, 4) is 22.5 Å². The molecule has 0 aliphatic heterocycles. The summed E-state index contributed by atoms with van der Waals surface area (Å²) in [4.78, 5) is 24.2. The first-order valence-corrected chi connectivity index (χ1v) is 18.9. The summed E-state index contributed by atoms with van der Waals surface area (Å²) >= 11 is 0. The van der Waals surface area contributed by atoms with Crippen LogP contribution in [0.5, 0.6) is 0 Å². The second kappa shape index (κ2) is 17.1. The Labute approximate surface area is 322 Å². The standard InChI is InChI=1S/C46H45N7O2/c1-4-6-18-31-52(43-42(45(54)55-5-2)32-47-34(3)48-43)33-35-27-29-36(30-28-35)40-25-16-17-26-41(40)44-49-50-51-53(44)46(37-19-10-7-11-20-37,38-21-12-8-13-22-38)39-23-14-9-15-24-39/h7-17,19-30,32H,4-6,18,31,33H2,1-3H3. The molecular formula is C46H45N7O2. The molecule has 7 rings (SSSR count). The third-order valence-electron chi connectivity index (χ3n) is 9.88. The fraction of sp³-hybridized carbons (Fsp3) is 0.217. The van der Waals surface area contributed by atoms with Crippen LogP contribution in [0.2, 0.25) is 0 Å². The van der Waals surface area contributed by atoms with E-state index in [2.05, 4.69) is 131 Å². The monoisotopic (exact) mass is 727 g/mol. The first-order valence-electron chi connectivity index (χ1n) is 18.9. The molecule has 9 nitrogen and oxygen atoms in total. The normalized spacial score (nSPS) is 11.3. The van der Waals surface area contributed by atoms with Crippen molar-refractivity contribution in [2.75, 3.05) is 18.1 Å². The van der Waals surface area contributed by atoms with Gasteiger partial charge < -0.3 is 9.64 Å². The first-order chi connectivity index (χ1) is 27.0. The zero-order chi connectivity index (χ0) is 38.0. The van der Waals surface area contributed by atoms with Crippen LogP contribution >= 0.6 is 0 Å². The number of carbonyl (C=O) groups excluding carboxylic acids is 1. The van der Waals surface area contributed by atoms with Crippen molar-refractivity contribution in [1.29, 1.82) is 0 Å². The maximum Gasteiger partial charge on any atom is 0.343 e. The molecule has 2 heterocycles. The summed E-state index contributed by atoms with van der Waals surface area (Å²) in [6.07, 6.45) is 4.71. The lowest BCUT2D eigenvalue weighted by Gasteiger charge is -2.36. The summed E-state index contributed by atoms with van der Waals surface area (Å²) < 4.78 is 7.36. The van der Waals surface area contributed by atoms with Gasteiger partial charge in [-0.2, -0.15) is 0 Å². The summed E-state index contributed by atoms with van der Waals surface area (Å²) in [6, 6.07) is 48.1. The Hall–Kier alpha value is -6.48. The van der Waals surface area contributed by atoms with Gasteiger partial charge in [-0.25, -0.2) is 19.4 Å². The van der Waals surface area contributed by atoms with E-state index in [0.29, 0.717) is 29.6 Å². The Morgan fingerprint density at radius 3 is 1.89 bits per heavy atom. The van der Waals surface area contributed by atoms with E-state index < -0.39 is 11.5 Å². The fourth-order valence-corrected chi connectivity index (χ4v) is 7.29. The van der Waals surface area contributed by atoms with Crippen LogP contribution in [0.1, 0.15) is 71.5 Å². The minimum absolute atomic E-state index is 0.281. The highest BCUT2D eigenvalue weighted by molar-refractivity contribution is 5.94. The molecule has 55 heavy (non-hydrogen) atoms. The predicted molar refractivity (Wildman–Crippen MR) is 217 cm³/mol. The van der Waals surface area contributed by atoms with Gasteiger partial charge in [-0.1, -0.05) is 159 Å². The Bertz CT molecular complexity index is 2210. The van der Waals surface area contributed by atoms with E-state index in [1.165, 1.54) is 0 Å². The van der Waals surface area contributed by atoms with E-state index in [-0.39, 0.29) is 6.61 Å². The lowest BCUT2D eigenvalue weighted by molar-refractivity contribution is 0.0526. The molecule has 0 fully saturated rings.